The number of ether oxygens (including phenoxy) is 1. The SMILES string of the molecule is CC(NC(=O)OC(C)(C)C)C(=O)NC(C)C(=O)NC(CC(=O)O)C(=O)Nc1ccc([N+](=O)[O-])cc1. The number of alkyl carbamates (subject to hydrolysis) is 1. The number of nitro groups is 1. The smallest absolute Gasteiger partial charge is 0.408 e. The van der Waals surface area contributed by atoms with Crippen LogP contribution in [0.25, 0.3) is 0 Å². The van der Waals surface area contributed by atoms with Crippen LogP contribution in [0.3, 0.4) is 0 Å². The van der Waals surface area contributed by atoms with Gasteiger partial charge in [0.1, 0.15) is 23.7 Å². The molecule has 0 aliphatic heterocycles. The molecule has 35 heavy (non-hydrogen) atoms. The summed E-state index contributed by atoms with van der Waals surface area (Å²) < 4.78 is 5.05. The van der Waals surface area contributed by atoms with E-state index in [9.17, 15) is 34.1 Å². The molecule has 0 spiro atoms. The highest BCUT2D eigenvalue weighted by Gasteiger charge is 2.28. The van der Waals surface area contributed by atoms with Gasteiger partial charge in [-0.05, 0) is 46.8 Å². The Morgan fingerprint density at radius 1 is 0.943 bits per heavy atom. The second-order valence-electron chi connectivity index (χ2n) is 8.55. The molecule has 0 bridgehead atoms. The molecule has 1 rings (SSSR count). The second-order valence-corrected chi connectivity index (χ2v) is 8.55. The number of benzene rings is 1. The van der Waals surface area contributed by atoms with Crippen LogP contribution in [0, 0.1) is 10.1 Å². The Kier molecular flexibility index (Phi) is 10.1. The highest BCUT2D eigenvalue weighted by molar-refractivity contribution is 6.00. The predicted octanol–water partition coefficient (Wildman–Crippen LogP) is 0.911. The maximum Gasteiger partial charge on any atom is 0.408 e. The number of amides is 4. The molecule has 3 atom stereocenters. The van der Waals surface area contributed by atoms with Gasteiger partial charge in [-0.2, -0.15) is 0 Å². The molecular formula is C21H29N5O9. The molecular weight excluding hydrogens is 466 g/mol. The van der Waals surface area contributed by atoms with Gasteiger partial charge in [-0.15, -0.1) is 0 Å². The van der Waals surface area contributed by atoms with Gasteiger partial charge in [-0.25, -0.2) is 4.79 Å². The molecule has 0 saturated carbocycles. The third-order valence-electron chi connectivity index (χ3n) is 4.24. The summed E-state index contributed by atoms with van der Waals surface area (Å²) >= 11 is 0. The average Bonchev–Trinajstić information content (AvgIpc) is 2.71. The number of hydrogen-bond donors (Lipinski definition) is 5. The van der Waals surface area contributed by atoms with Crippen molar-refractivity contribution in [1.29, 1.82) is 0 Å². The van der Waals surface area contributed by atoms with Gasteiger partial charge < -0.3 is 31.1 Å². The van der Waals surface area contributed by atoms with Gasteiger partial charge in [0.2, 0.25) is 17.7 Å². The summed E-state index contributed by atoms with van der Waals surface area (Å²) in [7, 11) is 0. The van der Waals surface area contributed by atoms with E-state index in [-0.39, 0.29) is 11.4 Å². The average molecular weight is 495 g/mol. The molecule has 5 N–H and O–H groups in total. The number of carboxylic acid groups (broad SMARTS) is 1. The Morgan fingerprint density at radius 3 is 1.94 bits per heavy atom. The maximum absolute atomic E-state index is 12.5. The zero-order chi connectivity index (χ0) is 26.9. The molecule has 1 aromatic carbocycles. The van der Waals surface area contributed by atoms with Gasteiger partial charge in [0.15, 0.2) is 0 Å². The summed E-state index contributed by atoms with van der Waals surface area (Å²) in [5.41, 5.74) is -0.839. The van der Waals surface area contributed by atoms with E-state index in [0.29, 0.717) is 0 Å². The molecule has 3 unspecified atom stereocenters. The number of carboxylic acids is 1. The lowest BCUT2D eigenvalue weighted by atomic mass is 10.1. The fourth-order valence-electron chi connectivity index (χ4n) is 2.53. The van der Waals surface area contributed by atoms with Gasteiger partial charge in [0.25, 0.3) is 5.69 Å². The monoisotopic (exact) mass is 495 g/mol. The molecule has 0 fully saturated rings. The number of nitrogens with zero attached hydrogens (tertiary/aromatic N) is 1. The van der Waals surface area contributed by atoms with Crippen LogP contribution in [-0.4, -0.2) is 63.5 Å². The first kappa shape index (κ1) is 28.8. The maximum atomic E-state index is 12.5. The van der Waals surface area contributed by atoms with E-state index in [1.807, 2.05) is 0 Å². The molecule has 0 radical (unpaired) electrons. The van der Waals surface area contributed by atoms with E-state index in [4.69, 9.17) is 9.84 Å². The molecule has 4 amide bonds. The fraction of sp³-hybridized carbons (Fsp3) is 0.476. The quantitative estimate of drug-likeness (QED) is 0.231. The molecule has 0 aromatic heterocycles. The Balaban J connectivity index is 2.75. The molecule has 14 nitrogen and oxygen atoms in total. The second kappa shape index (κ2) is 12.3. The minimum atomic E-state index is -1.51. The van der Waals surface area contributed by atoms with Gasteiger partial charge in [-0.1, -0.05) is 0 Å². The van der Waals surface area contributed by atoms with Crippen molar-refractivity contribution < 1.29 is 38.7 Å². The van der Waals surface area contributed by atoms with Crippen molar-refractivity contribution in [3.8, 4) is 0 Å². The van der Waals surface area contributed by atoms with Crippen LogP contribution in [0.15, 0.2) is 24.3 Å². The number of non-ortho nitro benzene ring substituents is 1. The first-order valence-electron chi connectivity index (χ1n) is 10.5. The zero-order valence-electron chi connectivity index (χ0n) is 19.9. The van der Waals surface area contributed by atoms with E-state index in [2.05, 4.69) is 21.3 Å². The standard InChI is InChI=1S/C21H29N5O9/c1-11(22-17(29)12(2)23-20(32)35-21(3,4)5)18(30)25-15(10-16(27)28)19(31)24-13-6-8-14(9-7-13)26(33)34/h6-9,11-12,15H,10H2,1-5H3,(H,22,29)(H,23,32)(H,24,31)(H,25,30)(H,27,28). The van der Waals surface area contributed by atoms with E-state index >= 15 is 0 Å². The lowest BCUT2D eigenvalue weighted by Gasteiger charge is -2.23. The van der Waals surface area contributed by atoms with Crippen molar-refractivity contribution >= 4 is 41.2 Å². The predicted molar refractivity (Wildman–Crippen MR) is 122 cm³/mol. The fourth-order valence-corrected chi connectivity index (χ4v) is 2.53. The first-order valence-corrected chi connectivity index (χ1v) is 10.5. The van der Waals surface area contributed by atoms with Gasteiger partial charge in [-0.3, -0.25) is 29.3 Å². The van der Waals surface area contributed by atoms with Crippen molar-refractivity contribution in [3.63, 3.8) is 0 Å². The lowest BCUT2D eigenvalue weighted by molar-refractivity contribution is -0.384. The van der Waals surface area contributed by atoms with Gasteiger partial charge in [0.05, 0.1) is 11.3 Å². The molecule has 0 saturated heterocycles. The van der Waals surface area contributed by atoms with Crippen LogP contribution < -0.4 is 21.3 Å². The Morgan fingerprint density at radius 2 is 1.46 bits per heavy atom. The topological polar surface area (TPSA) is 206 Å². The number of carbonyl (C=O) groups excluding carboxylic acids is 4. The van der Waals surface area contributed by atoms with Crippen LogP contribution in [0.5, 0.6) is 0 Å². The lowest BCUT2D eigenvalue weighted by Crippen LogP contribution is -2.55. The summed E-state index contributed by atoms with van der Waals surface area (Å²) in [6.45, 7) is 7.62. The van der Waals surface area contributed by atoms with Gasteiger partial charge in [0, 0.05) is 17.8 Å². The Labute approximate surface area is 200 Å². The largest absolute Gasteiger partial charge is 0.481 e. The Bertz CT molecular complexity index is 972. The summed E-state index contributed by atoms with van der Waals surface area (Å²) in [6, 6.07) is 1.03. The van der Waals surface area contributed by atoms with E-state index in [1.54, 1.807) is 20.8 Å². The van der Waals surface area contributed by atoms with Crippen molar-refractivity contribution in [2.24, 2.45) is 0 Å². The molecule has 14 heteroatoms. The van der Waals surface area contributed by atoms with Crippen molar-refractivity contribution in [1.82, 2.24) is 16.0 Å². The molecule has 0 heterocycles. The summed E-state index contributed by atoms with van der Waals surface area (Å²) in [4.78, 5) is 70.4. The summed E-state index contributed by atoms with van der Waals surface area (Å²) in [6.07, 6.45) is -1.59. The van der Waals surface area contributed by atoms with Gasteiger partial charge >= 0.3 is 12.1 Å². The van der Waals surface area contributed by atoms with Crippen LogP contribution >= 0.6 is 0 Å². The van der Waals surface area contributed by atoms with E-state index < -0.39 is 64.9 Å². The molecule has 1 aromatic rings. The number of aliphatic carboxylic acids is 1. The number of hydrogen-bond acceptors (Lipinski definition) is 8. The van der Waals surface area contributed by atoms with Crippen LogP contribution in [0.2, 0.25) is 0 Å². The Hall–Kier alpha value is -4.23. The number of anilines is 1. The normalized spacial score (nSPS) is 13.4. The number of nitro benzene ring substituents is 1. The van der Waals surface area contributed by atoms with Crippen molar-refractivity contribution in [2.75, 3.05) is 5.32 Å². The van der Waals surface area contributed by atoms with E-state index in [1.165, 1.54) is 26.0 Å². The van der Waals surface area contributed by atoms with Crippen LogP contribution in [-0.2, 0) is 23.9 Å². The van der Waals surface area contributed by atoms with Crippen LogP contribution in [0.4, 0.5) is 16.2 Å². The summed E-state index contributed by atoms with van der Waals surface area (Å²) in [5.74, 6) is -3.83. The minimum absolute atomic E-state index is 0.147. The van der Waals surface area contributed by atoms with Crippen molar-refractivity contribution in [2.45, 2.75) is 64.8 Å². The minimum Gasteiger partial charge on any atom is -0.481 e. The molecule has 192 valence electrons. The highest BCUT2D eigenvalue weighted by Crippen LogP contribution is 2.16. The molecule has 0 aliphatic rings. The number of carbonyl (C=O) groups is 5. The van der Waals surface area contributed by atoms with Crippen molar-refractivity contribution in [3.05, 3.63) is 34.4 Å². The number of rotatable bonds is 10. The highest BCUT2D eigenvalue weighted by atomic mass is 16.6. The number of nitrogens with one attached hydrogen (secondary N) is 4. The van der Waals surface area contributed by atoms with E-state index in [0.717, 1.165) is 12.1 Å². The van der Waals surface area contributed by atoms with Crippen LogP contribution in [0.1, 0.15) is 41.0 Å². The summed E-state index contributed by atoms with van der Waals surface area (Å²) in [5, 5.41) is 29.1. The first-order chi connectivity index (χ1) is 16.1. The third kappa shape index (κ3) is 10.5. The third-order valence-corrected chi connectivity index (χ3v) is 4.24. The molecule has 0 aliphatic carbocycles. The zero-order valence-corrected chi connectivity index (χ0v) is 19.9.